The Morgan fingerprint density at radius 3 is 2.40 bits per heavy atom. The first-order valence-electron chi connectivity index (χ1n) is 8.85. The van der Waals surface area contributed by atoms with E-state index < -0.39 is 0 Å². The SMILES string of the molecule is CCC(CO)(CCCN1CC2CCCC2C1)NC1CC1. The number of rotatable bonds is 8. The van der Waals surface area contributed by atoms with E-state index in [9.17, 15) is 5.11 Å². The van der Waals surface area contributed by atoms with Crippen molar-refractivity contribution in [1.82, 2.24) is 10.2 Å². The van der Waals surface area contributed by atoms with Gasteiger partial charge in [0.15, 0.2) is 0 Å². The number of fused-ring (bicyclic) bond motifs is 1. The van der Waals surface area contributed by atoms with Crippen molar-refractivity contribution in [3.8, 4) is 0 Å². The fourth-order valence-electron chi connectivity index (χ4n) is 4.40. The summed E-state index contributed by atoms with van der Waals surface area (Å²) in [5.41, 5.74) is -0.00321. The lowest BCUT2D eigenvalue weighted by atomic mass is 9.91. The molecule has 2 saturated carbocycles. The Labute approximate surface area is 124 Å². The molecule has 116 valence electrons. The molecule has 3 aliphatic rings. The molecule has 3 heteroatoms. The first-order chi connectivity index (χ1) is 9.74. The number of hydrogen-bond acceptors (Lipinski definition) is 3. The monoisotopic (exact) mass is 280 g/mol. The van der Waals surface area contributed by atoms with Crippen molar-refractivity contribution >= 4 is 0 Å². The van der Waals surface area contributed by atoms with Gasteiger partial charge in [-0.2, -0.15) is 0 Å². The lowest BCUT2D eigenvalue weighted by Gasteiger charge is -2.33. The molecule has 20 heavy (non-hydrogen) atoms. The Hall–Kier alpha value is -0.120. The van der Waals surface area contributed by atoms with Gasteiger partial charge in [0.25, 0.3) is 0 Å². The topological polar surface area (TPSA) is 35.5 Å². The molecule has 2 N–H and O–H groups in total. The molecule has 0 spiro atoms. The highest BCUT2D eigenvalue weighted by molar-refractivity contribution is 4.95. The van der Waals surface area contributed by atoms with Gasteiger partial charge in [-0.1, -0.05) is 13.3 Å². The highest BCUT2D eigenvalue weighted by Crippen LogP contribution is 2.37. The maximum Gasteiger partial charge on any atom is 0.0613 e. The summed E-state index contributed by atoms with van der Waals surface area (Å²) >= 11 is 0. The minimum Gasteiger partial charge on any atom is -0.394 e. The molecule has 0 radical (unpaired) electrons. The third kappa shape index (κ3) is 3.37. The second-order valence-corrected chi connectivity index (χ2v) is 7.52. The van der Waals surface area contributed by atoms with Crippen molar-refractivity contribution in [2.45, 2.75) is 69.9 Å². The van der Waals surface area contributed by atoms with Crippen LogP contribution in [0.5, 0.6) is 0 Å². The molecule has 1 aliphatic heterocycles. The molecule has 0 aromatic rings. The van der Waals surface area contributed by atoms with Gasteiger partial charge in [0.1, 0.15) is 0 Å². The third-order valence-electron chi connectivity index (χ3n) is 6.00. The van der Waals surface area contributed by atoms with Gasteiger partial charge in [-0.05, 0) is 63.3 Å². The van der Waals surface area contributed by atoms with Crippen LogP contribution < -0.4 is 5.32 Å². The Morgan fingerprint density at radius 2 is 1.85 bits per heavy atom. The maximum atomic E-state index is 9.80. The van der Waals surface area contributed by atoms with E-state index in [1.165, 1.54) is 58.2 Å². The Balaban J connectivity index is 1.41. The Bertz CT molecular complexity index is 300. The fraction of sp³-hybridized carbons (Fsp3) is 1.00. The van der Waals surface area contributed by atoms with Crippen molar-refractivity contribution < 1.29 is 5.11 Å². The van der Waals surface area contributed by atoms with Crippen molar-refractivity contribution in [2.75, 3.05) is 26.2 Å². The third-order valence-corrected chi connectivity index (χ3v) is 6.00. The molecule has 3 fully saturated rings. The van der Waals surface area contributed by atoms with E-state index >= 15 is 0 Å². The van der Waals surface area contributed by atoms with Gasteiger partial charge >= 0.3 is 0 Å². The predicted octanol–water partition coefficient (Wildman–Crippen LogP) is 2.39. The zero-order chi connectivity index (χ0) is 14.0. The number of likely N-dealkylation sites (tertiary alicyclic amines) is 1. The van der Waals surface area contributed by atoms with E-state index in [0.717, 1.165) is 24.7 Å². The van der Waals surface area contributed by atoms with Crippen LogP contribution in [0.15, 0.2) is 0 Å². The largest absolute Gasteiger partial charge is 0.394 e. The van der Waals surface area contributed by atoms with Crippen molar-refractivity contribution in [2.24, 2.45) is 11.8 Å². The molecule has 3 rings (SSSR count). The van der Waals surface area contributed by atoms with Crippen LogP contribution in [-0.2, 0) is 0 Å². The Kier molecular flexibility index (Phi) is 4.68. The maximum absolute atomic E-state index is 9.80. The van der Waals surface area contributed by atoms with Gasteiger partial charge in [0, 0.05) is 24.7 Å². The highest BCUT2D eigenvalue weighted by atomic mass is 16.3. The van der Waals surface area contributed by atoms with E-state index in [2.05, 4.69) is 17.1 Å². The zero-order valence-electron chi connectivity index (χ0n) is 13.1. The number of nitrogens with one attached hydrogen (secondary N) is 1. The van der Waals surface area contributed by atoms with Crippen LogP contribution in [0.25, 0.3) is 0 Å². The molecule has 0 bridgehead atoms. The second kappa shape index (κ2) is 6.33. The van der Waals surface area contributed by atoms with Gasteiger partial charge in [-0.25, -0.2) is 0 Å². The van der Waals surface area contributed by atoms with Crippen LogP contribution in [0.1, 0.15) is 58.3 Å². The molecule has 0 aromatic carbocycles. The molecular formula is C17H32N2O. The lowest BCUT2D eigenvalue weighted by Crippen LogP contribution is -2.49. The molecule has 3 nitrogen and oxygen atoms in total. The van der Waals surface area contributed by atoms with Gasteiger partial charge in [-0.15, -0.1) is 0 Å². The zero-order valence-corrected chi connectivity index (χ0v) is 13.1. The minimum atomic E-state index is -0.00321. The van der Waals surface area contributed by atoms with E-state index in [4.69, 9.17) is 0 Å². The van der Waals surface area contributed by atoms with E-state index in [1.54, 1.807) is 0 Å². The quantitative estimate of drug-likeness (QED) is 0.716. The van der Waals surface area contributed by atoms with Gasteiger partial charge in [0.05, 0.1) is 6.61 Å². The first-order valence-corrected chi connectivity index (χ1v) is 8.85. The summed E-state index contributed by atoms with van der Waals surface area (Å²) in [6.07, 6.45) is 10.4. The second-order valence-electron chi connectivity index (χ2n) is 7.52. The standard InChI is InChI=1S/C17H32N2O/c1-2-17(13-20,18-16-7-8-16)9-4-10-19-11-14-5-3-6-15(14)12-19/h14-16,18,20H,2-13H2,1H3. The average Bonchev–Trinajstić information content (AvgIpc) is 3.01. The van der Waals surface area contributed by atoms with E-state index in [1.807, 2.05) is 0 Å². The van der Waals surface area contributed by atoms with Crippen LogP contribution in [0.3, 0.4) is 0 Å². The fourth-order valence-corrected chi connectivity index (χ4v) is 4.40. The van der Waals surface area contributed by atoms with Gasteiger partial charge < -0.3 is 15.3 Å². The lowest BCUT2D eigenvalue weighted by molar-refractivity contribution is 0.137. The van der Waals surface area contributed by atoms with E-state index in [-0.39, 0.29) is 5.54 Å². The molecule has 0 amide bonds. The number of nitrogens with zero attached hydrogens (tertiary/aromatic N) is 1. The van der Waals surface area contributed by atoms with Gasteiger partial charge in [0.2, 0.25) is 0 Å². The molecule has 1 heterocycles. The molecule has 3 unspecified atom stereocenters. The molecule has 2 aliphatic carbocycles. The summed E-state index contributed by atoms with van der Waals surface area (Å²) in [6, 6.07) is 0.688. The molecule has 1 saturated heterocycles. The average molecular weight is 280 g/mol. The van der Waals surface area contributed by atoms with Crippen LogP contribution >= 0.6 is 0 Å². The molecular weight excluding hydrogens is 248 g/mol. The number of aliphatic hydroxyl groups excluding tert-OH is 1. The summed E-state index contributed by atoms with van der Waals surface area (Å²) in [5.74, 6) is 2.02. The van der Waals surface area contributed by atoms with Crippen LogP contribution in [-0.4, -0.2) is 47.8 Å². The minimum absolute atomic E-state index is 0.00321. The van der Waals surface area contributed by atoms with Crippen LogP contribution in [0.4, 0.5) is 0 Å². The van der Waals surface area contributed by atoms with E-state index in [0.29, 0.717) is 12.6 Å². The van der Waals surface area contributed by atoms with Crippen molar-refractivity contribution in [1.29, 1.82) is 0 Å². The molecule has 3 atom stereocenters. The normalized spacial score (nSPS) is 33.3. The van der Waals surface area contributed by atoms with Crippen molar-refractivity contribution in [3.05, 3.63) is 0 Å². The summed E-state index contributed by atoms with van der Waals surface area (Å²) in [5, 5.41) is 13.5. The molecule has 0 aromatic heterocycles. The first kappa shape index (κ1) is 14.8. The summed E-state index contributed by atoms with van der Waals surface area (Å²) < 4.78 is 0. The number of aliphatic hydroxyl groups is 1. The van der Waals surface area contributed by atoms with Crippen LogP contribution in [0, 0.1) is 11.8 Å². The number of hydrogen-bond donors (Lipinski definition) is 2. The van der Waals surface area contributed by atoms with Crippen LogP contribution in [0.2, 0.25) is 0 Å². The summed E-state index contributed by atoms with van der Waals surface area (Å²) in [7, 11) is 0. The summed E-state index contributed by atoms with van der Waals surface area (Å²) in [4.78, 5) is 2.68. The van der Waals surface area contributed by atoms with Crippen molar-refractivity contribution in [3.63, 3.8) is 0 Å². The van der Waals surface area contributed by atoms with Gasteiger partial charge in [-0.3, -0.25) is 0 Å². The summed E-state index contributed by atoms with van der Waals surface area (Å²) in [6.45, 7) is 6.44. The predicted molar refractivity (Wildman–Crippen MR) is 82.8 cm³/mol. The smallest absolute Gasteiger partial charge is 0.0613 e. The highest BCUT2D eigenvalue weighted by Gasteiger charge is 2.37. The Morgan fingerprint density at radius 1 is 1.15 bits per heavy atom.